The average Bonchev–Trinajstić information content (AvgIpc) is 3.28. The van der Waals surface area contributed by atoms with Crippen LogP contribution in [0.5, 0.6) is 5.75 Å². The van der Waals surface area contributed by atoms with Gasteiger partial charge in [-0.25, -0.2) is 0 Å². The van der Waals surface area contributed by atoms with Gasteiger partial charge in [-0.2, -0.15) is 0 Å². The van der Waals surface area contributed by atoms with Gasteiger partial charge >= 0.3 is 0 Å². The van der Waals surface area contributed by atoms with Crippen LogP contribution in [0.2, 0.25) is 10.0 Å². The Labute approximate surface area is 264 Å². The van der Waals surface area contributed by atoms with Gasteiger partial charge in [-0.3, -0.25) is 9.59 Å². The smallest absolute Gasteiger partial charge is 0.237 e. The first kappa shape index (κ1) is 32.8. The lowest BCUT2D eigenvalue weighted by molar-refractivity contribution is -0.130. The van der Waals surface area contributed by atoms with Crippen LogP contribution in [0, 0.1) is 6.92 Å². The number of aliphatic hydroxyl groups is 1. The molecule has 6 rings (SSSR count). The SMILES string of the molecule is CC.Cc1ccc(OC2CCN(CCO)CC2)c([C@H]2NC(=O)CC[C@]23C(=O)Nc2cc(Cl)ccc23)c1.Clc1ccccc1. The molecular formula is C34H41Cl2N3O4. The zero-order chi connectivity index (χ0) is 31.0. The fourth-order valence-electron chi connectivity index (χ4n) is 6.04. The van der Waals surface area contributed by atoms with Crippen molar-refractivity contribution >= 4 is 40.7 Å². The minimum absolute atomic E-state index is 0.0372. The number of β-amino-alcohol motifs (C(OH)–C–C–N with tert-alkyl or cyclic N) is 1. The first-order valence-electron chi connectivity index (χ1n) is 15.0. The molecule has 2 fully saturated rings. The summed E-state index contributed by atoms with van der Waals surface area (Å²) in [6, 6.07) is 20.3. The summed E-state index contributed by atoms with van der Waals surface area (Å²) in [4.78, 5) is 28.4. The van der Waals surface area contributed by atoms with E-state index in [-0.39, 0.29) is 30.9 Å². The van der Waals surface area contributed by atoms with Crippen molar-refractivity contribution in [2.45, 2.75) is 64.0 Å². The van der Waals surface area contributed by atoms with Crippen molar-refractivity contribution in [3.05, 3.63) is 93.5 Å². The van der Waals surface area contributed by atoms with Crippen molar-refractivity contribution in [3.63, 3.8) is 0 Å². The van der Waals surface area contributed by atoms with E-state index in [2.05, 4.69) is 15.5 Å². The number of carbonyl (C=O) groups is 2. The van der Waals surface area contributed by atoms with E-state index in [0.717, 1.165) is 47.6 Å². The molecule has 43 heavy (non-hydrogen) atoms. The molecule has 0 bridgehead atoms. The molecule has 7 nitrogen and oxygen atoms in total. The van der Waals surface area contributed by atoms with Crippen molar-refractivity contribution in [3.8, 4) is 5.75 Å². The third-order valence-electron chi connectivity index (χ3n) is 8.11. The molecule has 3 N–H and O–H groups in total. The van der Waals surface area contributed by atoms with Crippen molar-refractivity contribution in [1.29, 1.82) is 0 Å². The van der Waals surface area contributed by atoms with Gasteiger partial charge in [0.15, 0.2) is 0 Å². The lowest BCUT2D eigenvalue weighted by Crippen LogP contribution is -2.52. The molecular weight excluding hydrogens is 585 g/mol. The molecule has 0 aromatic heterocycles. The summed E-state index contributed by atoms with van der Waals surface area (Å²) < 4.78 is 6.51. The highest BCUT2D eigenvalue weighted by molar-refractivity contribution is 6.31. The van der Waals surface area contributed by atoms with Crippen LogP contribution in [-0.4, -0.2) is 54.2 Å². The second-order valence-electron chi connectivity index (χ2n) is 10.8. The molecule has 0 radical (unpaired) electrons. The Morgan fingerprint density at radius 2 is 1.70 bits per heavy atom. The minimum atomic E-state index is -0.926. The molecule has 1 spiro atoms. The molecule has 0 unspecified atom stereocenters. The summed E-state index contributed by atoms with van der Waals surface area (Å²) in [6.07, 6.45) is 2.44. The zero-order valence-electron chi connectivity index (χ0n) is 25.0. The number of piperidine rings is 2. The van der Waals surface area contributed by atoms with Crippen molar-refractivity contribution in [2.75, 3.05) is 31.6 Å². The molecule has 2 amide bonds. The van der Waals surface area contributed by atoms with Crippen LogP contribution < -0.4 is 15.4 Å². The number of halogens is 2. The summed E-state index contributed by atoms with van der Waals surface area (Å²) in [5.41, 5.74) is 2.49. The lowest BCUT2D eigenvalue weighted by atomic mass is 9.67. The number of aryl methyl sites for hydroxylation is 1. The first-order valence-corrected chi connectivity index (χ1v) is 15.8. The van der Waals surface area contributed by atoms with Gasteiger partial charge in [0.05, 0.1) is 12.6 Å². The zero-order valence-corrected chi connectivity index (χ0v) is 26.5. The summed E-state index contributed by atoms with van der Waals surface area (Å²) in [5, 5.41) is 16.7. The predicted octanol–water partition coefficient (Wildman–Crippen LogP) is 6.69. The number of ether oxygens (including phenoxy) is 1. The maximum Gasteiger partial charge on any atom is 0.237 e. The number of hydrogen-bond donors (Lipinski definition) is 3. The number of benzene rings is 3. The number of carbonyl (C=O) groups excluding carboxylic acids is 2. The molecule has 3 aliphatic heterocycles. The van der Waals surface area contributed by atoms with E-state index in [1.54, 1.807) is 12.1 Å². The van der Waals surface area contributed by atoms with Crippen LogP contribution in [0.4, 0.5) is 5.69 Å². The molecule has 3 aromatic carbocycles. The number of nitrogens with one attached hydrogen (secondary N) is 2. The van der Waals surface area contributed by atoms with E-state index in [9.17, 15) is 14.7 Å². The number of amides is 2. The van der Waals surface area contributed by atoms with E-state index in [0.29, 0.717) is 29.4 Å². The summed E-state index contributed by atoms with van der Waals surface area (Å²) in [7, 11) is 0. The maximum atomic E-state index is 13.5. The summed E-state index contributed by atoms with van der Waals surface area (Å²) in [5.74, 6) is 0.503. The van der Waals surface area contributed by atoms with Crippen LogP contribution >= 0.6 is 23.2 Å². The Kier molecular flexibility index (Phi) is 11.5. The van der Waals surface area contributed by atoms with Crippen LogP contribution in [0.3, 0.4) is 0 Å². The highest BCUT2D eigenvalue weighted by Gasteiger charge is 2.56. The average molecular weight is 627 g/mol. The van der Waals surface area contributed by atoms with Gasteiger partial charge < -0.3 is 25.4 Å². The van der Waals surface area contributed by atoms with Gasteiger partial charge in [0.2, 0.25) is 11.8 Å². The Bertz CT molecular complexity index is 1400. The van der Waals surface area contributed by atoms with Crippen LogP contribution in [0.1, 0.15) is 62.3 Å². The second-order valence-corrected chi connectivity index (χ2v) is 11.7. The van der Waals surface area contributed by atoms with Crippen LogP contribution in [-0.2, 0) is 15.0 Å². The van der Waals surface area contributed by atoms with Crippen molar-refractivity contribution < 1.29 is 19.4 Å². The fraction of sp³-hybridized carbons (Fsp3) is 0.412. The van der Waals surface area contributed by atoms with Crippen molar-refractivity contribution in [1.82, 2.24) is 10.2 Å². The Morgan fingerprint density at radius 3 is 2.35 bits per heavy atom. The number of nitrogens with zero attached hydrogens (tertiary/aromatic N) is 1. The normalized spacial score (nSPS) is 21.5. The van der Waals surface area contributed by atoms with E-state index in [4.69, 9.17) is 27.9 Å². The molecule has 9 heteroatoms. The summed E-state index contributed by atoms with van der Waals surface area (Å²) >= 11 is 11.7. The number of fused-ring (bicyclic) bond motifs is 2. The van der Waals surface area contributed by atoms with E-state index >= 15 is 0 Å². The standard InChI is InChI=1S/C26H30ClN3O4.C6H5Cl.C2H6/c1-16-2-5-22(34-18-7-10-30(11-8-18)12-13-31)19(14-16)24-26(9-6-23(32)29-24)20-4-3-17(27)15-21(20)28-25(26)33;7-6-4-2-1-3-5-6;1-2/h2-5,14-15,18,24,31H,6-13H2,1H3,(H,28,33)(H,29,32);1-5H;1-2H3/t24-,26-;;/m1../s1. The quantitative estimate of drug-likeness (QED) is 0.294. The number of hydrogen-bond acceptors (Lipinski definition) is 5. The summed E-state index contributed by atoms with van der Waals surface area (Å²) in [6.45, 7) is 8.57. The highest BCUT2D eigenvalue weighted by atomic mass is 35.5. The number of rotatable bonds is 5. The number of anilines is 1. The Morgan fingerprint density at radius 1 is 0.977 bits per heavy atom. The van der Waals surface area contributed by atoms with Crippen molar-refractivity contribution in [2.24, 2.45) is 0 Å². The third-order valence-corrected chi connectivity index (χ3v) is 8.60. The topological polar surface area (TPSA) is 90.9 Å². The van der Waals surface area contributed by atoms with Crippen LogP contribution in [0.15, 0.2) is 66.7 Å². The van der Waals surface area contributed by atoms with E-state index in [1.165, 1.54) is 0 Å². The molecule has 2 saturated heterocycles. The molecule has 3 aromatic rings. The van der Waals surface area contributed by atoms with Gasteiger partial charge in [0.1, 0.15) is 17.3 Å². The molecule has 3 heterocycles. The van der Waals surface area contributed by atoms with Gasteiger partial charge in [-0.1, -0.05) is 79.0 Å². The monoisotopic (exact) mass is 625 g/mol. The fourth-order valence-corrected chi connectivity index (χ4v) is 6.36. The number of likely N-dealkylation sites (tertiary alicyclic amines) is 1. The minimum Gasteiger partial charge on any atom is -0.490 e. The van der Waals surface area contributed by atoms with Gasteiger partial charge in [-0.15, -0.1) is 0 Å². The molecule has 2 atom stereocenters. The molecule has 0 saturated carbocycles. The van der Waals surface area contributed by atoms with Gasteiger partial charge in [0.25, 0.3) is 0 Å². The van der Waals surface area contributed by atoms with Gasteiger partial charge in [0, 0.05) is 47.4 Å². The molecule has 0 aliphatic carbocycles. The van der Waals surface area contributed by atoms with E-state index in [1.807, 2.05) is 75.4 Å². The third kappa shape index (κ3) is 7.52. The number of aliphatic hydroxyl groups excluding tert-OH is 1. The Balaban J connectivity index is 0.000000409. The highest BCUT2D eigenvalue weighted by Crippen LogP contribution is 2.52. The molecule has 3 aliphatic rings. The van der Waals surface area contributed by atoms with Crippen LogP contribution in [0.25, 0.3) is 0 Å². The predicted molar refractivity (Wildman–Crippen MR) is 173 cm³/mol. The van der Waals surface area contributed by atoms with Gasteiger partial charge in [-0.05, 0) is 62.1 Å². The maximum absolute atomic E-state index is 13.5. The van der Waals surface area contributed by atoms with E-state index < -0.39 is 11.5 Å². The molecule has 230 valence electrons. The Hall–Kier alpha value is -3.10. The largest absolute Gasteiger partial charge is 0.490 e. The lowest BCUT2D eigenvalue weighted by Gasteiger charge is -2.41. The first-order chi connectivity index (χ1) is 20.8. The second kappa shape index (κ2) is 15.1.